The first kappa shape index (κ1) is 21.7. The van der Waals surface area contributed by atoms with E-state index in [1.165, 1.54) is 7.11 Å². The first-order chi connectivity index (χ1) is 16.1. The van der Waals surface area contributed by atoms with Gasteiger partial charge in [0.2, 0.25) is 0 Å². The van der Waals surface area contributed by atoms with E-state index in [2.05, 4.69) is 21.4 Å². The van der Waals surface area contributed by atoms with Gasteiger partial charge in [0.25, 0.3) is 5.91 Å². The molecule has 0 bridgehead atoms. The van der Waals surface area contributed by atoms with Crippen LogP contribution in [0.25, 0.3) is 22.7 Å². The number of allylic oxidation sites excluding steroid dienone is 1. The van der Waals surface area contributed by atoms with Crippen LogP contribution in [0.3, 0.4) is 0 Å². The highest BCUT2D eigenvalue weighted by atomic mass is 16.5. The largest absolute Gasteiger partial charge is 0.493 e. The number of carbonyl (C=O) groups excluding carboxylic acids is 1. The van der Waals surface area contributed by atoms with E-state index in [0.29, 0.717) is 28.6 Å². The molecule has 4 aromatic rings. The molecule has 164 valence electrons. The third kappa shape index (κ3) is 5.20. The van der Waals surface area contributed by atoms with E-state index in [1.54, 1.807) is 24.3 Å². The molecule has 0 unspecified atom stereocenters. The number of ether oxygens (including phenoxy) is 2. The quantitative estimate of drug-likeness (QED) is 0.397. The number of methoxy groups -OCH3 is 1. The fraction of sp³-hybridized carbons (Fsp3) is 0.115. The second-order valence-corrected chi connectivity index (χ2v) is 7.39. The fourth-order valence-electron chi connectivity index (χ4n) is 3.36. The number of aromatic nitrogens is 2. The molecule has 1 amide bonds. The van der Waals surface area contributed by atoms with Gasteiger partial charge < -0.3 is 19.8 Å². The number of hydrogen-bond donors (Lipinski definition) is 2. The number of hydrogen-bond acceptors (Lipinski definition) is 5. The summed E-state index contributed by atoms with van der Waals surface area (Å²) >= 11 is 0. The van der Waals surface area contributed by atoms with Gasteiger partial charge in [-0.05, 0) is 60.5 Å². The smallest absolute Gasteiger partial charge is 0.262 e. The van der Waals surface area contributed by atoms with Gasteiger partial charge in [-0.2, -0.15) is 5.26 Å². The number of anilines is 1. The lowest BCUT2D eigenvalue weighted by atomic mass is 10.1. The molecule has 0 spiro atoms. The number of benzene rings is 3. The van der Waals surface area contributed by atoms with Crippen molar-refractivity contribution in [1.29, 1.82) is 5.26 Å². The Labute approximate surface area is 191 Å². The number of carbonyl (C=O) groups is 1. The van der Waals surface area contributed by atoms with Crippen molar-refractivity contribution in [3.63, 3.8) is 0 Å². The monoisotopic (exact) mass is 438 g/mol. The Kier molecular flexibility index (Phi) is 6.37. The third-order valence-corrected chi connectivity index (χ3v) is 4.92. The minimum atomic E-state index is -0.275. The minimum absolute atomic E-state index is 0.165. The zero-order valence-corrected chi connectivity index (χ0v) is 18.3. The molecular formula is C26H22N4O3. The van der Waals surface area contributed by atoms with Crippen molar-refractivity contribution < 1.29 is 14.3 Å². The summed E-state index contributed by atoms with van der Waals surface area (Å²) in [6.07, 6.45) is 1.72. The van der Waals surface area contributed by atoms with Gasteiger partial charge in [-0.25, -0.2) is 4.98 Å². The number of nitrogens with one attached hydrogen (secondary N) is 2. The van der Waals surface area contributed by atoms with E-state index in [-0.39, 0.29) is 12.5 Å². The number of para-hydroxylation sites is 2. The van der Waals surface area contributed by atoms with E-state index in [4.69, 9.17) is 9.47 Å². The second kappa shape index (κ2) is 9.71. The predicted octanol–water partition coefficient (Wildman–Crippen LogP) is 4.96. The van der Waals surface area contributed by atoms with Crippen LogP contribution in [0.1, 0.15) is 17.0 Å². The number of rotatable bonds is 7. The number of fused-ring (bicyclic) bond motifs is 1. The molecule has 4 rings (SSSR count). The molecule has 7 heteroatoms. The van der Waals surface area contributed by atoms with Crippen LogP contribution in [0.4, 0.5) is 5.69 Å². The number of nitriles is 1. The van der Waals surface area contributed by atoms with Gasteiger partial charge in [-0.3, -0.25) is 4.79 Å². The van der Waals surface area contributed by atoms with Gasteiger partial charge in [0, 0.05) is 5.69 Å². The van der Waals surface area contributed by atoms with Gasteiger partial charge in [0.15, 0.2) is 18.1 Å². The molecule has 0 radical (unpaired) electrons. The van der Waals surface area contributed by atoms with Crippen molar-refractivity contribution in [2.24, 2.45) is 0 Å². The van der Waals surface area contributed by atoms with Crippen molar-refractivity contribution in [1.82, 2.24) is 9.97 Å². The summed E-state index contributed by atoms with van der Waals surface area (Å²) in [6, 6.07) is 22.6. The highest BCUT2D eigenvalue weighted by molar-refractivity contribution is 5.92. The van der Waals surface area contributed by atoms with Gasteiger partial charge >= 0.3 is 0 Å². The van der Waals surface area contributed by atoms with Crippen LogP contribution in [-0.4, -0.2) is 29.6 Å². The summed E-state index contributed by atoms with van der Waals surface area (Å²) in [5.74, 6) is 1.10. The van der Waals surface area contributed by atoms with Crippen LogP contribution in [-0.2, 0) is 4.79 Å². The first-order valence-corrected chi connectivity index (χ1v) is 10.3. The average molecular weight is 438 g/mol. The van der Waals surface area contributed by atoms with Crippen molar-refractivity contribution in [2.75, 3.05) is 19.0 Å². The maximum atomic E-state index is 12.2. The van der Waals surface area contributed by atoms with E-state index in [0.717, 1.165) is 22.2 Å². The zero-order valence-electron chi connectivity index (χ0n) is 18.3. The summed E-state index contributed by atoms with van der Waals surface area (Å²) in [4.78, 5) is 19.9. The topological polar surface area (TPSA) is 100 Å². The molecule has 0 atom stereocenters. The maximum Gasteiger partial charge on any atom is 0.262 e. The van der Waals surface area contributed by atoms with Gasteiger partial charge in [0.05, 0.1) is 23.7 Å². The summed E-state index contributed by atoms with van der Waals surface area (Å²) in [7, 11) is 1.52. The highest BCUT2D eigenvalue weighted by Crippen LogP contribution is 2.30. The lowest BCUT2D eigenvalue weighted by molar-refractivity contribution is -0.118. The van der Waals surface area contributed by atoms with Crippen LogP contribution < -0.4 is 14.8 Å². The lowest BCUT2D eigenvalue weighted by Gasteiger charge is -2.12. The number of amides is 1. The summed E-state index contributed by atoms with van der Waals surface area (Å²) in [6.45, 7) is 1.79. The Balaban J connectivity index is 1.48. The van der Waals surface area contributed by atoms with Crippen LogP contribution in [0, 0.1) is 18.3 Å². The highest BCUT2D eigenvalue weighted by Gasteiger charge is 2.11. The normalized spacial score (nSPS) is 11.1. The Morgan fingerprint density at radius 3 is 2.73 bits per heavy atom. The van der Waals surface area contributed by atoms with Crippen LogP contribution in [0.5, 0.6) is 11.5 Å². The van der Waals surface area contributed by atoms with E-state index in [1.807, 2.05) is 55.5 Å². The maximum absolute atomic E-state index is 12.2. The summed E-state index contributed by atoms with van der Waals surface area (Å²) in [5, 5.41) is 12.5. The number of imidazole rings is 1. The van der Waals surface area contributed by atoms with Gasteiger partial charge in [0.1, 0.15) is 11.9 Å². The molecular weight excluding hydrogens is 416 g/mol. The van der Waals surface area contributed by atoms with Gasteiger partial charge in [-0.1, -0.05) is 30.3 Å². The van der Waals surface area contributed by atoms with Crippen molar-refractivity contribution in [3.05, 3.63) is 83.7 Å². The fourth-order valence-corrected chi connectivity index (χ4v) is 3.36. The molecule has 0 aliphatic carbocycles. The molecule has 0 aliphatic rings. The summed E-state index contributed by atoms with van der Waals surface area (Å²) in [5.41, 5.74) is 4.54. The Bertz CT molecular complexity index is 1350. The zero-order chi connectivity index (χ0) is 23.2. The lowest BCUT2D eigenvalue weighted by Crippen LogP contribution is -2.20. The standard InChI is InChI=1S/C26H22N4O3/c1-17-6-5-7-20(12-17)28-25(31)16-33-23-11-10-18(14-24(23)32-2)13-19(15-27)26-29-21-8-3-4-9-22(21)30-26/h3-14H,16H2,1-2H3,(H,28,31)(H,29,30)/b19-13-. The summed E-state index contributed by atoms with van der Waals surface area (Å²) < 4.78 is 11.1. The first-order valence-electron chi connectivity index (χ1n) is 10.3. The second-order valence-electron chi connectivity index (χ2n) is 7.39. The average Bonchev–Trinajstić information content (AvgIpc) is 3.25. The SMILES string of the molecule is COc1cc(/C=C(/C#N)c2nc3ccccc3[nH]2)ccc1OCC(=O)Nc1cccc(C)c1. The Morgan fingerprint density at radius 1 is 1.12 bits per heavy atom. The minimum Gasteiger partial charge on any atom is -0.493 e. The van der Waals surface area contributed by atoms with Crippen molar-refractivity contribution in [3.8, 4) is 17.6 Å². The van der Waals surface area contributed by atoms with Crippen LogP contribution >= 0.6 is 0 Å². The molecule has 0 aliphatic heterocycles. The van der Waals surface area contributed by atoms with E-state index >= 15 is 0 Å². The molecule has 1 heterocycles. The van der Waals surface area contributed by atoms with Crippen molar-refractivity contribution in [2.45, 2.75) is 6.92 Å². The Hall–Kier alpha value is -4.57. The van der Waals surface area contributed by atoms with Crippen molar-refractivity contribution >= 4 is 34.3 Å². The third-order valence-electron chi connectivity index (χ3n) is 4.92. The molecule has 7 nitrogen and oxygen atoms in total. The number of aryl methyl sites for hydroxylation is 1. The van der Waals surface area contributed by atoms with E-state index < -0.39 is 0 Å². The Morgan fingerprint density at radius 2 is 1.97 bits per heavy atom. The molecule has 0 saturated carbocycles. The molecule has 3 aromatic carbocycles. The van der Waals surface area contributed by atoms with Gasteiger partial charge in [-0.15, -0.1) is 0 Å². The van der Waals surface area contributed by atoms with Crippen LogP contribution in [0.15, 0.2) is 66.7 Å². The number of H-pyrrole nitrogens is 1. The molecule has 0 saturated heterocycles. The van der Waals surface area contributed by atoms with Crippen LogP contribution in [0.2, 0.25) is 0 Å². The molecule has 0 fully saturated rings. The molecule has 2 N–H and O–H groups in total. The molecule has 1 aromatic heterocycles. The predicted molar refractivity (Wildman–Crippen MR) is 128 cm³/mol. The molecule has 33 heavy (non-hydrogen) atoms. The van der Waals surface area contributed by atoms with E-state index in [9.17, 15) is 10.1 Å². The number of aromatic amines is 1. The number of nitrogens with zero attached hydrogens (tertiary/aromatic N) is 2.